The number of hydrogen-bond acceptors (Lipinski definition) is 2. The maximum absolute atomic E-state index is 10.9. The summed E-state index contributed by atoms with van der Waals surface area (Å²) in [5.41, 5.74) is 6.70. The molecule has 0 saturated carbocycles. The highest BCUT2D eigenvalue weighted by Gasteiger charge is 2.26. The minimum Gasteiger partial charge on any atom is -0.323 e. The fourth-order valence-corrected chi connectivity index (χ4v) is 1.75. The molecule has 72 valence electrons. The van der Waals surface area contributed by atoms with Gasteiger partial charge in [-0.15, -0.1) is 0 Å². The molecular formula is C8H12NO3P. The summed E-state index contributed by atoms with van der Waals surface area (Å²) in [6.07, 6.45) is 0. The number of benzene rings is 1. The highest BCUT2D eigenvalue weighted by molar-refractivity contribution is 7.52. The standard InChI is InChI=1S/C8H12NO3P/c1-6-4-2-3-5-7(6)8(9)13(10,11)12/h2-5,8H,9H2,1H3,(H2,10,11,12). The summed E-state index contributed by atoms with van der Waals surface area (Å²) in [6.45, 7) is 1.77. The van der Waals surface area contributed by atoms with Crippen molar-refractivity contribution in [3.05, 3.63) is 35.4 Å². The molecule has 0 amide bonds. The third kappa shape index (κ3) is 2.39. The van der Waals surface area contributed by atoms with Crippen LogP contribution < -0.4 is 5.73 Å². The van der Waals surface area contributed by atoms with Crippen molar-refractivity contribution in [1.82, 2.24) is 0 Å². The highest BCUT2D eigenvalue weighted by atomic mass is 31.2. The Morgan fingerprint density at radius 2 is 1.92 bits per heavy atom. The highest BCUT2D eigenvalue weighted by Crippen LogP contribution is 2.48. The summed E-state index contributed by atoms with van der Waals surface area (Å²) in [5, 5.41) is 0. The van der Waals surface area contributed by atoms with Crippen LogP contribution in [0.3, 0.4) is 0 Å². The van der Waals surface area contributed by atoms with Gasteiger partial charge in [0.25, 0.3) is 0 Å². The van der Waals surface area contributed by atoms with Gasteiger partial charge in [0, 0.05) is 0 Å². The predicted octanol–water partition coefficient (Wildman–Crippen LogP) is 1.13. The van der Waals surface area contributed by atoms with Gasteiger partial charge in [0.05, 0.1) is 0 Å². The van der Waals surface area contributed by atoms with Crippen LogP contribution in [0.1, 0.15) is 16.9 Å². The first-order valence-electron chi connectivity index (χ1n) is 3.79. The molecule has 1 rings (SSSR count). The Bertz CT molecular complexity index is 347. The second-order valence-corrected chi connectivity index (χ2v) is 4.63. The fourth-order valence-electron chi connectivity index (χ4n) is 1.10. The molecule has 0 spiro atoms. The Kier molecular flexibility index (Phi) is 2.88. The van der Waals surface area contributed by atoms with E-state index in [9.17, 15) is 4.57 Å². The summed E-state index contributed by atoms with van der Waals surface area (Å²) in [5.74, 6) is -1.21. The SMILES string of the molecule is Cc1ccccc1C(N)P(=O)(O)O. The first-order valence-corrected chi connectivity index (χ1v) is 5.47. The van der Waals surface area contributed by atoms with Crippen molar-refractivity contribution in [2.24, 2.45) is 5.73 Å². The molecule has 4 N–H and O–H groups in total. The van der Waals surface area contributed by atoms with Crippen LogP contribution in [0.15, 0.2) is 24.3 Å². The zero-order valence-corrected chi connectivity index (χ0v) is 8.11. The molecule has 1 atom stereocenters. The van der Waals surface area contributed by atoms with Crippen molar-refractivity contribution in [3.8, 4) is 0 Å². The van der Waals surface area contributed by atoms with Crippen molar-refractivity contribution >= 4 is 7.60 Å². The molecule has 1 unspecified atom stereocenters. The summed E-state index contributed by atoms with van der Waals surface area (Å²) in [6, 6.07) is 6.90. The van der Waals surface area contributed by atoms with Crippen LogP contribution in [0.25, 0.3) is 0 Å². The van der Waals surface area contributed by atoms with Crippen LogP contribution >= 0.6 is 7.60 Å². The second-order valence-electron chi connectivity index (χ2n) is 2.89. The second kappa shape index (κ2) is 3.60. The fraction of sp³-hybridized carbons (Fsp3) is 0.250. The summed E-state index contributed by atoms with van der Waals surface area (Å²) in [7, 11) is -4.23. The van der Waals surface area contributed by atoms with Gasteiger partial charge in [-0.1, -0.05) is 24.3 Å². The van der Waals surface area contributed by atoms with E-state index in [0.717, 1.165) is 5.56 Å². The van der Waals surface area contributed by atoms with Gasteiger partial charge in [0.1, 0.15) is 5.78 Å². The van der Waals surface area contributed by atoms with Gasteiger partial charge < -0.3 is 15.5 Å². The van der Waals surface area contributed by atoms with Crippen LogP contribution in [0, 0.1) is 6.92 Å². The number of nitrogens with two attached hydrogens (primary N) is 1. The van der Waals surface area contributed by atoms with Gasteiger partial charge in [-0.3, -0.25) is 4.57 Å². The zero-order chi connectivity index (χ0) is 10.1. The molecule has 0 bridgehead atoms. The van der Waals surface area contributed by atoms with Crippen molar-refractivity contribution in [1.29, 1.82) is 0 Å². The van der Waals surface area contributed by atoms with Crippen LogP contribution in [-0.2, 0) is 4.57 Å². The van der Waals surface area contributed by atoms with Gasteiger partial charge >= 0.3 is 7.60 Å². The molecule has 4 nitrogen and oxygen atoms in total. The van der Waals surface area contributed by atoms with Crippen LogP contribution in [0.5, 0.6) is 0 Å². The molecule has 0 aromatic heterocycles. The van der Waals surface area contributed by atoms with Crippen LogP contribution in [0.4, 0.5) is 0 Å². The van der Waals surface area contributed by atoms with Crippen LogP contribution in [0.2, 0.25) is 0 Å². The maximum atomic E-state index is 10.9. The quantitative estimate of drug-likeness (QED) is 0.626. The molecule has 0 heterocycles. The smallest absolute Gasteiger partial charge is 0.323 e. The van der Waals surface area contributed by atoms with Gasteiger partial charge in [0.2, 0.25) is 0 Å². The Morgan fingerprint density at radius 3 is 2.38 bits per heavy atom. The van der Waals surface area contributed by atoms with E-state index in [1.165, 1.54) is 0 Å². The molecule has 0 radical (unpaired) electrons. The van der Waals surface area contributed by atoms with Crippen molar-refractivity contribution in [2.75, 3.05) is 0 Å². The topological polar surface area (TPSA) is 83.6 Å². The number of hydrogen-bond donors (Lipinski definition) is 3. The summed E-state index contributed by atoms with van der Waals surface area (Å²) >= 11 is 0. The molecular weight excluding hydrogens is 189 g/mol. The summed E-state index contributed by atoms with van der Waals surface area (Å²) in [4.78, 5) is 17.7. The third-order valence-corrected chi connectivity index (χ3v) is 2.87. The lowest BCUT2D eigenvalue weighted by Gasteiger charge is -2.15. The van der Waals surface area contributed by atoms with E-state index in [-0.39, 0.29) is 0 Å². The Hall–Kier alpha value is -0.670. The molecule has 5 heteroatoms. The minimum absolute atomic E-state index is 0.496. The zero-order valence-electron chi connectivity index (χ0n) is 7.21. The average molecular weight is 201 g/mol. The molecule has 0 aliphatic rings. The lowest BCUT2D eigenvalue weighted by Crippen LogP contribution is -2.11. The monoisotopic (exact) mass is 201 g/mol. The van der Waals surface area contributed by atoms with Crippen molar-refractivity contribution in [2.45, 2.75) is 12.7 Å². The molecule has 0 fully saturated rings. The maximum Gasteiger partial charge on any atom is 0.346 e. The van der Waals surface area contributed by atoms with E-state index >= 15 is 0 Å². The number of aryl methyl sites for hydroxylation is 1. The molecule has 1 aromatic rings. The Balaban J connectivity index is 3.09. The molecule has 0 aliphatic carbocycles. The summed E-state index contributed by atoms with van der Waals surface area (Å²) < 4.78 is 10.9. The predicted molar refractivity (Wildman–Crippen MR) is 50.2 cm³/mol. The van der Waals surface area contributed by atoms with Gasteiger partial charge in [-0.2, -0.15) is 0 Å². The van der Waals surface area contributed by atoms with Crippen molar-refractivity contribution < 1.29 is 14.4 Å². The van der Waals surface area contributed by atoms with Gasteiger partial charge in [-0.05, 0) is 18.1 Å². The largest absolute Gasteiger partial charge is 0.346 e. The molecule has 13 heavy (non-hydrogen) atoms. The average Bonchev–Trinajstić information content (AvgIpc) is 2.02. The van der Waals surface area contributed by atoms with E-state index in [4.69, 9.17) is 15.5 Å². The lowest BCUT2D eigenvalue weighted by molar-refractivity contribution is 0.359. The van der Waals surface area contributed by atoms with E-state index in [0.29, 0.717) is 5.56 Å². The van der Waals surface area contributed by atoms with Gasteiger partial charge in [0.15, 0.2) is 0 Å². The Labute approximate surface area is 76.6 Å². The van der Waals surface area contributed by atoms with E-state index in [1.807, 2.05) is 0 Å². The van der Waals surface area contributed by atoms with E-state index in [1.54, 1.807) is 31.2 Å². The van der Waals surface area contributed by atoms with Crippen LogP contribution in [-0.4, -0.2) is 9.79 Å². The first-order chi connectivity index (χ1) is 5.93. The van der Waals surface area contributed by atoms with Crippen molar-refractivity contribution in [3.63, 3.8) is 0 Å². The van der Waals surface area contributed by atoms with E-state index in [2.05, 4.69) is 0 Å². The molecule has 0 aliphatic heterocycles. The van der Waals surface area contributed by atoms with Gasteiger partial charge in [-0.25, -0.2) is 0 Å². The number of rotatable bonds is 2. The Morgan fingerprint density at radius 1 is 1.38 bits per heavy atom. The lowest BCUT2D eigenvalue weighted by atomic mass is 10.1. The third-order valence-electron chi connectivity index (χ3n) is 1.87. The molecule has 1 aromatic carbocycles. The first kappa shape index (κ1) is 10.4. The normalized spacial score (nSPS) is 14.2. The van der Waals surface area contributed by atoms with E-state index < -0.39 is 13.4 Å². The minimum atomic E-state index is -4.23. The molecule has 0 saturated heterocycles.